The first kappa shape index (κ1) is 18.4. The van der Waals surface area contributed by atoms with Crippen molar-refractivity contribution in [3.8, 4) is 11.4 Å². The fraction of sp³-hybridized carbons (Fsp3) is 0.0909. The number of hydrogen-bond donors (Lipinski definition) is 1. The van der Waals surface area contributed by atoms with Crippen molar-refractivity contribution in [3.63, 3.8) is 0 Å². The standard InChI is InChI=1S/C22H19N5O2/c1-29-18-8-6-16(7-9-18)21(17-10-12-23-13-11-17)26-22(28)19-4-2-3-5-20(19)27-14-24-25-15-27/h2-15,21H,1H3,(H,26,28). The molecule has 4 rings (SSSR count). The number of benzene rings is 2. The van der Waals surface area contributed by atoms with E-state index in [0.717, 1.165) is 16.9 Å². The molecule has 0 fully saturated rings. The molecular weight excluding hydrogens is 366 g/mol. The van der Waals surface area contributed by atoms with Crippen LogP contribution in [0.5, 0.6) is 5.75 Å². The summed E-state index contributed by atoms with van der Waals surface area (Å²) in [6.45, 7) is 0. The van der Waals surface area contributed by atoms with Gasteiger partial charge in [0.25, 0.3) is 5.91 Å². The van der Waals surface area contributed by atoms with Crippen molar-refractivity contribution in [1.82, 2.24) is 25.1 Å². The van der Waals surface area contributed by atoms with E-state index in [-0.39, 0.29) is 11.9 Å². The summed E-state index contributed by atoms with van der Waals surface area (Å²) in [7, 11) is 1.62. The second kappa shape index (κ2) is 8.35. The van der Waals surface area contributed by atoms with Crippen LogP contribution in [-0.4, -0.2) is 32.8 Å². The molecule has 29 heavy (non-hydrogen) atoms. The molecule has 0 aliphatic rings. The van der Waals surface area contributed by atoms with E-state index in [1.165, 1.54) is 0 Å². The molecule has 0 saturated carbocycles. The highest BCUT2D eigenvalue weighted by Gasteiger charge is 2.20. The zero-order chi connectivity index (χ0) is 20.1. The van der Waals surface area contributed by atoms with E-state index in [1.807, 2.05) is 54.6 Å². The van der Waals surface area contributed by atoms with E-state index in [9.17, 15) is 4.79 Å². The van der Waals surface area contributed by atoms with Crippen LogP contribution in [0.1, 0.15) is 27.5 Å². The molecule has 2 heterocycles. The SMILES string of the molecule is COc1ccc(C(NC(=O)c2ccccc2-n2cnnc2)c2ccncc2)cc1. The molecule has 1 unspecified atom stereocenters. The van der Waals surface area contributed by atoms with Crippen LogP contribution in [0, 0.1) is 0 Å². The van der Waals surface area contributed by atoms with Crippen molar-refractivity contribution < 1.29 is 9.53 Å². The summed E-state index contributed by atoms with van der Waals surface area (Å²) >= 11 is 0. The molecule has 0 saturated heterocycles. The summed E-state index contributed by atoms with van der Waals surface area (Å²) < 4.78 is 6.96. The number of carbonyl (C=O) groups excluding carboxylic acids is 1. The van der Waals surface area contributed by atoms with Gasteiger partial charge in [-0.1, -0.05) is 24.3 Å². The van der Waals surface area contributed by atoms with Crippen LogP contribution in [0.2, 0.25) is 0 Å². The first-order valence-electron chi connectivity index (χ1n) is 9.05. The van der Waals surface area contributed by atoms with Gasteiger partial charge in [0.2, 0.25) is 0 Å². The number of amides is 1. The fourth-order valence-corrected chi connectivity index (χ4v) is 3.14. The minimum Gasteiger partial charge on any atom is -0.497 e. The number of ether oxygens (including phenoxy) is 1. The van der Waals surface area contributed by atoms with Crippen LogP contribution in [0.4, 0.5) is 0 Å². The van der Waals surface area contributed by atoms with Crippen molar-refractivity contribution in [2.45, 2.75) is 6.04 Å². The fourth-order valence-electron chi connectivity index (χ4n) is 3.14. The van der Waals surface area contributed by atoms with E-state index in [4.69, 9.17) is 4.74 Å². The number of rotatable bonds is 6. The van der Waals surface area contributed by atoms with Gasteiger partial charge in [-0.2, -0.15) is 0 Å². The Labute approximate surface area is 168 Å². The Morgan fingerprint density at radius 3 is 2.28 bits per heavy atom. The van der Waals surface area contributed by atoms with Crippen molar-refractivity contribution in [1.29, 1.82) is 0 Å². The molecule has 7 nitrogen and oxygen atoms in total. The van der Waals surface area contributed by atoms with Gasteiger partial charge in [-0.25, -0.2) is 0 Å². The molecule has 7 heteroatoms. The highest BCUT2D eigenvalue weighted by molar-refractivity contribution is 5.98. The third-order valence-electron chi connectivity index (χ3n) is 4.61. The Morgan fingerprint density at radius 2 is 1.59 bits per heavy atom. The highest BCUT2D eigenvalue weighted by atomic mass is 16.5. The Bertz CT molecular complexity index is 1080. The van der Waals surface area contributed by atoms with Crippen LogP contribution < -0.4 is 10.1 Å². The van der Waals surface area contributed by atoms with Crippen LogP contribution >= 0.6 is 0 Å². The van der Waals surface area contributed by atoms with E-state index in [2.05, 4.69) is 20.5 Å². The Hall–Kier alpha value is -4.00. The molecule has 1 amide bonds. The van der Waals surface area contributed by atoms with Crippen molar-refractivity contribution >= 4 is 5.91 Å². The predicted molar refractivity (Wildman–Crippen MR) is 108 cm³/mol. The van der Waals surface area contributed by atoms with Crippen LogP contribution in [0.3, 0.4) is 0 Å². The molecule has 2 aromatic carbocycles. The van der Waals surface area contributed by atoms with Gasteiger partial charge in [0.15, 0.2) is 0 Å². The second-order valence-corrected chi connectivity index (χ2v) is 6.35. The summed E-state index contributed by atoms with van der Waals surface area (Å²) in [5, 5.41) is 10.8. The molecule has 0 spiro atoms. The summed E-state index contributed by atoms with van der Waals surface area (Å²) in [5.41, 5.74) is 3.10. The van der Waals surface area contributed by atoms with Gasteiger partial charge in [0.05, 0.1) is 24.4 Å². The molecule has 1 N–H and O–H groups in total. The molecular formula is C22H19N5O2. The molecule has 0 aliphatic heterocycles. The maximum atomic E-state index is 13.2. The monoisotopic (exact) mass is 385 g/mol. The zero-order valence-corrected chi connectivity index (χ0v) is 15.8. The average Bonchev–Trinajstić information content (AvgIpc) is 3.33. The third-order valence-corrected chi connectivity index (χ3v) is 4.61. The molecule has 0 aliphatic carbocycles. The lowest BCUT2D eigenvalue weighted by atomic mass is 9.98. The maximum Gasteiger partial charge on any atom is 0.254 e. The number of pyridine rings is 1. The van der Waals surface area contributed by atoms with Crippen molar-refractivity contribution in [2.75, 3.05) is 7.11 Å². The molecule has 4 aromatic rings. The summed E-state index contributed by atoms with van der Waals surface area (Å²) in [5.74, 6) is 0.554. The van der Waals surface area contributed by atoms with Gasteiger partial charge >= 0.3 is 0 Å². The van der Waals surface area contributed by atoms with Crippen molar-refractivity contribution in [2.24, 2.45) is 0 Å². The topological polar surface area (TPSA) is 81.9 Å². The zero-order valence-electron chi connectivity index (χ0n) is 15.8. The van der Waals surface area contributed by atoms with E-state index in [0.29, 0.717) is 11.3 Å². The lowest BCUT2D eigenvalue weighted by Gasteiger charge is -2.21. The number of nitrogens with zero attached hydrogens (tertiary/aromatic N) is 4. The second-order valence-electron chi connectivity index (χ2n) is 6.35. The first-order chi connectivity index (χ1) is 14.3. The molecule has 144 valence electrons. The van der Waals surface area contributed by atoms with Crippen molar-refractivity contribution in [3.05, 3.63) is 102 Å². The van der Waals surface area contributed by atoms with E-state index < -0.39 is 0 Å². The van der Waals surface area contributed by atoms with Gasteiger partial charge in [0.1, 0.15) is 18.4 Å². The maximum absolute atomic E-state index is 13.2. The Kier molecular flexibility index (Phi) is 5.29. The summed E-state index contributed by atoms with van der Waals surface area (Å²) in [6, 6.07) is 18.4. The first-order valence-corrected chi connectivity index (χ1v) is 9.05. The number of aromatic nitrogens is 4. The minimum absolute atomic E-state index is 0.202. The summed E-state index contributed by atoms with van der Waals surface area (Å²) in [4.78, 5) is 17.3. The third kappa shape index (κ3) is 3.98. The molecule has 0 radical (unpaired) electrons. The smallest absolute Gasteiger partial charge is 0.254 e. The van der Waals surface area contributed by atoms with Gasteiger partial charge in [-0.3, -0.25) is 14.3 Å². The number of para-hydroxylation sites is 1. The van der Waals surface area contributed by atoms with E-state index >= 15 is 0 Å². The van der Waals surface area contributed by atoms with Gasteiger partial charge < -0.3 is 10.1 Å². The van der Waals surface area contributed by atoms with Crippen LogP contribution in [0.25, 0.3) is 5.69 Å². The predicted octanol–water partition coefficient (Wildman–Crippen LogP) is 3.19. The Balaban J connectivity index is 1.69. The highest BCUT2D eigenvalue weighted by Crippen LogP contribution is 2.25. The van der Waals surface area contributed by atoms with Gasteiger partial charge in [-0.05, 0) is 47.5 Å². The lowest BCUT2D eigenvalue weighted by Crippen LogP contribution is -2.30. The normalized spacial score (nSPS) is 11.6. The number of nitrogens with one attached hydrogen (secondary N) is 1. The van der Waals surface area contributed by atoms with E-state index in [1.54, 1.807) is 42.8 Å². The average molecular weight is 385 g/mol. The van der Waals surface area contributed by atoms with Crippen LogP contribution in [-0.2, 0) is 0 Å². The largest absolute Gasteiger partial charge is 0.497 e. The van der Waals surface area contributed by atoms with Crippen LogP contribution in [0.15, 0.2) is 85.7 Å². The quantitative estimate of drug-likeness (QED) is 0.551. The number of methoxy groups -OCH3 is 1. The molecule has 0 bridgehead atoms. The number of hydrogen-bond acceptors (Lipinski definition) is 5. The van der Waals surface area contributed by atoms with Gasteiger partial charge in [0, 0.05) is 12.4 Å². The molecule has 1 atom stereocenters. The number of carbonyl (C=O) groups is 1. The van der Waals surface area contributed by atoms with Gasteiger partial charge in [-0.15, -0.1) is 10.2 Å². The summed E-state index contributed by atoms with van der Waals surface area (Å²) in [6.07, 6.45) is 6.55. The molecule has 2 aromatic heterocycles. The lowest BCUT2D eigenvalue weighted by molar-refractivity contribution is 0.0943. The Morgan fingerprint density at radius 1 is 0.931 bits per heavy atom. The minimum atomic E-state index is -0.342.